The van der Waals surface area contributed by atoms with Crippen molar-refractivity contribution in [2.24, 2.45) is 5.73 Å². The Morgan fingerprint density at radius 1 is 1.15 bits per heavy atom. The maximum absolute atomic E-state index is 13.4. The first-order chi connectivity index (χ1) is 15.2. The molecular weight excluding hydrogens is 424 g/mol. The van der Waals surface area contributed by atoms with Crippen LogP contribution in [0.1, 0.15) is 63.8 Å². The van der Waals surface area contributed by atoms with Crippen molar-refractivity contribution in [2.75, 3.05) is 0 Å². The van der Waals surface area contributed by atoms with Gasteiger partial charge in [0, 0.05) is 12.1 Å². The zero-order valence-corrected chi connectivity index (χ0v) is 20.3. The summed E-state index contributed by atoms with van der Waals surface area (Å²) < 4.78 is 5.19. The molecule has 2 atom stereocenters. The van der Waals surface area contributed by atoms with Crippen LogP contribution >= 0.6 is 0 Å². The molecule has 0 aliphatic heterocycles. The molecule has 4 amide bonds. The van der Waals surface area contributed by atoms with Crippen molar-refractivity contribution in [2.45, 2.75) is 78.6 Å². The average molecular weight is 459 g/mol. The topological polar surface area (TPSA) is 131 Å². The molecule has 0 saturated heterocycles. The third-order valence-electron chi connectivity index (χ3n) is 4.65. The zero-order chi connectivity index (χ0) is 25.5. The standard InChI is InChI=1S/C24H34N4O5/c1-9-28(22(31)18(13-19(25)29)27-23(32)33-24(6,7)8)20(21(30)26-14(2)3)17-12-10-11-15(4)16(17)5/h1,10-12,14,18,20H,13H2,2-8H3,(H2,25,29)(H,26,30)(H,27,32). The summed E-state index contributed by atoms with van der Waals surface area (Å²) in [7, 11) is 0. The van der Waals surface area contributed by atoms with Crippen LogP contribution < -0.4 is 16.4 Å². The van der Waals surface area contributed by atoms with Gasteiger partial charge in [0.15, 0.2) is 0 Å². The molecule has 0 saturated carbocycles. The molecule has 1 rings (SSSR count). The van der Waals surface area contributed by atoms with Crippen molar-refractivity contribution >= 4 is 23.8 Å². The second-order valence-corrected chi connectivity index (χ2v) is 9.06. The van der Waals surface area contributed by atoms with E-state index in [0.29, 0.717) is 5.56 Å². The second-order valence-electron chi connectivity index (χ2n) is 9.06. The number of alkyl carbamates (subject to hydrolysis) is 1. The lowest BCUT2D eigenvalue weighted by Gasteiger charge is -2.31. The Kier molecular flexibility index (Phi) is 9.47. The van der Waals surface area contributed by atoms with Gasteiger partial charge in [0.25, 0.3) is 5.91 Å². The number of primary amides is 1. The maximum atomic E-state index is 13.4. The quantitative estimate of drug-likeness (QED) is 0.405. The van der Waals surface area contributed by atoms with Crippen LogP contribution in [-0.2, 0) is 19.1 Å². The van der Waals surface area contributed by atoms with Crippen LogP contribution in [0.5, 0.6) is 0 Å². The minimum atomic E-state index is -1.42. The van der Waals surface area contributed by atoms with Crippen molar-refractivity contribution in [3.8, 4) is 12.5 Å². The Balaban J connectivity index is 3.46. The van der Waals surface area contributed by atoms with E-state index in [1.807, 2.05) is 19.9 Å². The summed E-state index contributed by atoms with van der Waals surface area (Å²) in [6.45, 7) is 12.2. The molecule has 2 unspecified atom stereocenters. The van der Waals surface area contributed by atoms with Crippen LogP contribution in [0.25, 0.3) is 0 Å². The highest BCUT2D eigenvalue weighted by atomic mass is 16.6. The van der Waals surface area contributed by atoms with Crippen molar-refractivity contribution < 1.29 is 23.9 Å². The molecule has 0 aromatic heterocycles. The minimum Gasteiger partial charge on any atom is -0.444 e. The Bertz CT molecular complexity index is 943. The number of rotatable bonds is 8. The summed E-state index contributed by atoms with van der Waals surface area (Å²) in [6.07, 6.45) is 4.24. The van der Waals surface area contributed by atoms with E-state index in [-0.39, 0.29) is 6.04 Å². The number of carbonyl (C=O) groups is 4. The zero-order valence-electron chi connectivity index (χ0n) is 20.3. The highest BCUT2D eigenvalue weighted by Gasteiger charge is 2.37. The number of carbonyl (C=O) groups excluding carboxylic acids is 4. The third kappa shape index (κ3) is 8.15. The van der Waals surface area contributed by atoms with E-state index >= 15 is 0 Å². The van der Waals surface area contributed by atoms with E-state index < -0.39 is 47.9 Å². The Labute approximate surface area is 195 Å². The van der Waals surface area contributed by atoms with Gasteiger partial charge < -0.3 is 21.1 Å². The summed E-state index contributed by atoms with van der Waals surface area (Å²) in [5.41, 5.74) is 6.67. The number of hydrogen-bond acceptors (Lipinski definition) is 5. The van der Waals surface area contributed by atoms with Crippen LogP contribution in [0.15, 0.2) is 18.2 Å². The Morgan fingerprint density at radius 3 is 2.24 bits per heavy atom. The predicted octanol–water partition coefficient (Wildman–Crippen LogP) is 2.06. The van der Waals surface area contributed by atoms with Crippen LogP contribution in [0, 0.1) is 26.3 Å². The first-order valence-electron chi connectivity index (χ1n) is 10.6. The smallest absolute Gasteiger partial charge is 0.408 e. The fraction of sp³-hybridized carbons (Fsp3) is 0.500. The largest absolute Gasteiger partial charge is 0.444 e. The number of terminal acetylenes is 1. The first-order valence-corrected chi connectivity index (χ1v) is 10.6. The van der Waals surface area contributed by atoms with Gasteiger partial charge in [0.1, 0.15) is 17.7 Å². The molecule has 0 aliphatic rings. The fourth-order valence-corrected chi connectivity index (χ4v) is 3.12. The molecule has 33 heavy (non-hydrogen) atoms. The van der Waals surface area contributed by atoms with E-state index in [4.69, 9.17) is 16.9 Å². The summed E-state index contributed by atoms with van der Waals surface area (Å²) in [5.74, 6) is -2.18. The number of nitrogens with two attached hydrogens (primary N) is 1. The number of nitrogens with zero attached hydrogens (tertiary/aromatic N) is 1. The molecule has 0 heterocycles. The molecule has 4 N–H and O–H groups in total. The van der Waals surface area contributed by atoms with E-state index in [0.717, 1.165) is 16.0 Å². The number of nitrogens with one attached hydrogen (secondary N) is 2. The van der Waals surface area contributed by atoms with Gasteiger partial charge in [0.05, 0.1) is 6.42 Å². The maximum Gasteiger partial charge on any atom is 0.408 e. The van der Waals surface area contributed by atoms with Gasteiger partial charge in [-0.05, 0) is 65.2 Å². The number of hydrogen-bond donors (Lipinski definition) is 3. The van der Waals surface area contributed by atoms with Gasteiger partial charge in [-0.2, -0.15) is 0 Å². The average Bonchev–Trinajstić information content (AvgIpc) is 2.65. The second kappa shape index (κ2) is 11.4. The molecule has 180 valence electrons. The van der Waals surface area contributed by atoms with Gasteiger partial charge >= 0.3 is 6.09 Å². The highest BCUT2D eigenvalue weighted by Crippen LogP contribution is 2.27. The molecular formula is C24H34N4O5. The summed E-state index contributed by atoms with van der Waals surface area (Å²) in [5, 5.41) is 5.13. The number of benzene rings is 1. The Morgan fingerprint density at radius 2 is 1.76 bits per heavy atom. The third-order valence-corrected chi connectivity index (χ3v) is 4.65. The van der Waals surface area contributed by atoms with Crippen LogP contribution in [-0.4, -0.2) is 46.4 Å². The van der Waals surface area contributed by atoms with Crippen LogP contribution in [0.3, 0.4) is 0 Å². The lowest BCUT2D eigenvalue weighted by molar-refractivity contribution is -0.139. The molecule has 9 heteroatoms. The molecule has 0 aliphatic carbocycles. The lowest BCUT2D eigenvalue weighted by Crippen LogP contribution is -2.53. The summed E-state index contributed by atoms with van der Waals surface area (Å²) in [6, 6.07) is 4.75. The minimum absolute atomic E-state index is 0.221. The summed E-state index contributed by atoms with van der Waals surface area (Å²) >= 11 is 0. The van der Waals surface area contributed by atoms with Gasteiger partial charge in [0.2, 0.25) is 11.8 Å². The highest BCUT2D eigenvalue weighted by molar-refractivity contribution is 5.95. The van der Waals surface area contributed by atoms with Crippen molar-refractivity contribution in [1.82, 2.24) is 15.5 Å². The molecule has 0 radical (unpaired) electrons. The number of ether oxygens (including phenoxy) is 1. The lowest BCUT2D eigenvalue weighted by atomic mass is 9.95. The van der Waals surface area contributed by atoms with Gasteiger partial charge in [-0.25, -0.2) is 4.79 Å². The fourth-order valence-electron chi connectivity index (χ4n) is 3.12. The SMILES string of the molecule is C#CN(C(=O)C(CC(N)=O)NC(=O)OC(C)(C)C)C(C(=O)NC(C)C)c1cccc(C)c1C. The molecule has 0 bridgehead atoms. The molecule has 1 aromatic carbocycles. The number of aryl methyl sites for hydroxylation is 1. The van der Waals surface area contributed by atoms with Gasteiger partial charge in [-0.3, -0.25) is 19.3 Å². The van der Waals surface area contributed by atoms with Crippen molar-refractivity contribution in [3.63, 3.8) is 0 Å². The predicted molar refractivity (Wildman–Crippen MR) is 125 cm³/mol. The Hall–Kier alpha value is -3.54. The van der Waals surface area contributed by atoms with E-state index in [2.05, 4.69) is 16.7 Å². The molecule has 9 nitrogen and oxygen atoms in total. The van der Waals surface area contributed by atoms with Crippen molar-refractivity contribution in [1.29, 1.82) is 0 Å². The molecule has 0 spiro atoms. The summed E-state index contributed by atoms with van der Waals surface area (Å²) in [4.78, 5) is 51.4. The first kappa shape index (κ1) is 27.5. The van der Waals surface area contributed by atoms with E-state index in [1.165, 1.54) is 0 Å². The van der Waals surface area contributed by atoms with Gasteiger partial charge in [-0.15, -0.1) is 0 Å². The van der Waals surface area contributed by atoms with Crippen LogP contribution in [0.4, 0.5) is 4.79 Å². The van der Waals surface area contributed by atoms with E-state index in [9.17, 15) is 19.2 Å². The molecule has 0 fully saturated rings. The van der Waals surface area contributed by atoms with Gasteiger partial charge in [-0.1, -0.05) is 24.6 Å². The molecule has 1 aromatic rings. The van der Waals surface area contributed by atoms with Crippen molar-refractivity contribution in [3.05, 3.63) is 34.9 Å². The monoisotopic (exact) mass is 458 g/mol. The number of amides is 4. The van der Waals surface area contributed by atoms with E-state index in [1.54, 1.807) is 46.8 Å². The normalized spacial score (nSPS) is 12.8. The van der Waals surface area contributed by atoms with Crippen LogP contribution in [0.2, 0.25) is 0 Å².